The van der Waals surface area contributed by atoms with Gasteiger partial charge >= 0.3 is 0 Å². The van der Waals surface area contributed by atoms with Gasteiger partial charge in [0, 0.05) is 23.6 Å². The van der Waals surface area contributed by atoms with Gasteiger partial charge < -0.3 is 4.57 Å². The van der Waals surface area contributed by atoms with Gasteiger partial charge in [-0.2, -0.15) is 0 Å². The van der Waals surface area contributed by atoms with Crippen LogP contribution in [0.15, 0.2) is 0 Å². The molecule has 0 spiro atoms. The Hall–Kier alpha value is -0.550. The SMILES string of the molecule is Cc1nc2n(c1CS(=O)(=O)Cl)CCC2. The molecule has 4 nitrogen and oxygen atoms in total. The normalized spacial score (nSPS) is 15.9. The molecule has 2 heterocycles. The van der Waals surface area contributed by atoms with Crippen molar-refractivity contribution in [3.63, 3.8) is 0 Å². The quantitative estimate of drug-likeness (QED) is 0.723. The van der Waals surface area contributed by atoms with Gasteiger partial charge in [-0.25, -0.2) is 13.4 Å². The Morgan fingerprint density at radius 2 is 2.29 bits per heavy atom. The second-order valence-corrected chi connectivity index (χ2v) is 6.28. The van der Waals surface area contributed by atoms with E-state index in [1.165, 1.54) is 0 Å². The minimum Gasteiger partial charge on any atom is -0.331 e. The van der Waals surface area contributed by atoms with Crippen LogP contribution in [0.1, 0.15) is 23.6 Å². The largest absolute Gasteiger partial charge is 0.331 e. The van der Waals surface area contributed by atoms with E-state index >= 15 is 0 Å². The van der Waals surface area contributed by atoms with E-state index in [0.29, 0.717) is 0 Å². The minimum atomic E-state index is -3.48. The average Bonchev–Trinajstić information content (AvgIpc) is 2.54. The predicted octanol–water partition coefficient (Wildman–Crippen LogP) is 1.21. The summed E-state index contributed by atoms with van der Waals surface area (Å²) in [6, 6.07) is 0. The van der Waals surface area contributed by atoms with Gasteiger partial charge in [0.05, 0.1) is 11.4 Å². The van der Waals surface area contributed by atoms with Gasteiger partial charge in [-0.3, -0.25) is 0 Å². The first-order chi connectivity index (χ1) is 6.47. The zero-order valence-electron chi connectivity index (χ0n) is 7.83. The molecule has 0 atom stereocenters. The van der Waals surface area contributed by atoms with Gasteiger partial charge in [-0.05, 0) is 13.3 Å². The highest BCUT2D eigenvalue weighted by atomic mass is 35.7. The van der Waals surface area contributed by atoms with Gasteiger partial charge in [0.2, 0.25) is 9.05 Å². The van der Waals surface area contributed by atoms with Crippen LogP contribution in [0.5, 0.6) is 0 Å². The number of imidazole rings is 1. The van der Waals surface area contributed by atoms with Gasteiger partial charge in [0.1, 0.15) is 11.6 Å². The molecule has 0 bridgehead atoms. The third kappa shape index (κ3) is 1.79. The van der Waals surface area contributed by atoms with Gasteiger partial charge in [0.15, 0.2) is 0 Å². The number of aryl methyl sites for hydroxylation is 2. The maximum Gasteiger partial charge on any atom is 0.238 e. The Bertz CT molecular complexity index is 464. The van der Waals surface area contributed by atoms with E-state index in [1.807, 2.05) is 11.5 Å². The number of aromatic nitrogens is 2. The van der Waals surface area contributed by atoms with Crippen molar-refractivity contribution >= 4 is 19.7 Å². The van der Waals surface area contributed by atoms with Crippen molar-refractivity contribution in [1.82, 2.24) is 9.55 Å². The summed E-state index contributed by atoms with van der Waals surface area (Å²) >= 11 is 0. The molecule has 1 aromatic heterocycles. The van der Waals surface area contributed by atoms with Crippen molar-refractivity contribution in [3.8, 4) is 0 Å². The first-order valence-electron chi connectivity index (χ1n) is 4.44. The zero-order valence-corrected chi connectivity index (χ0v) is 9.40. The van der Waals surface area contributed by atoms with Crippen molar-refractivity contribution in [2.75, 3.05) is 0 Å². The van der Waals surface area contributed by atoms with E-state index in [2.05, 4.69) is 4.98 Å². The van der Waals surface area contributed by atoms with Crippen LogP contribution in [0.3, 0.4) is 0 Å². The fourth-order valence-electron chi connectivity index (χ4n) is 1.87. The maximum absolute atomic E-state index is 11.0. The third-order valence-corrected chi connectivity index (χ3v) is 3.39. The molecule has 0 aliphatic carbocycles. The number of nitrogens with zero attached hydrogens (tertiary/aromatic N) is 2. The highest BCUT2D eigenvalue weighted by molar-refractivity contribution is 8.13. The minimum absolute atomic E-state index is 0.118. The summed E-state index contributed by atoms with van der Waals surface area (Å²) in [7, 11) is 1.75. The van der Waals surface area contributed by atoms with E-state index in [4.69, 9.17) is 10.7 Å². The van der Waals surface area contributed by atoms with Crippen LogP contribution >= 0.6 is 10.7 Å². The van der Waals surface area contributed by atoms with Crippen molar-refractivity contribution in [2.24, 2.45) is 0 Å². The number of fused-ring (bicyclic) bond motifs is 1. The fourth-order valence-corrected chi connectivity index (χ4v) is 2.87. The molecule has 0 fully saturated rings. The van der Waals surface area contributed by atoms with Crippen LogP contribution in [0, 0.1) is 6.92 Å². The Kier molecular flexibility index (Phi) is 2.31. The van der Waals surface area contributed by atoms with Crippen molar-refractivity contribution in [3.05, 3.63) is 17.2 Å². The number of rotatable bonds is 2. The first kappa shape index (κ1) is 9.98. The van der Waals surface area contributed by atoms with Crippen LogP contribution in [-0.2, 0) is 27.8 Å². The molecule has 2 rings (SSSR count). The Morgan fingerprint density at radius 1 is 1.57 bits per heavy atom. The summed E-state index contributed by atoms with van der Waals surface area (Å²) in [6.07, 6.45) is 1.97. The number of halogens is 1. The number of hydrogen-bond acceptors (Lipinski definition) is 3. The van der Waals surface area contributed by atoms with Crippen LogP contribution < -0.4 is 0 Å². The van der Waals surface area contributed by atoms with E-state index in [0.717, 1.165) is 36.6 Å². The lowest BCUT2D eigenvalue weighted by Gasteiger charge is -2.03. The lowest BCUT2D eigenvalue weighted by Crippen LogP contribution is -2.05. The summed E-state index contributed by atoms with van der Waals surface area (Å²) in [6.45, 7) is 2.68. The molecule has 6 heteroatoms. The summed E-state index contributed by atoms with van der Waals surface area (Å²) in [5, 5.41) is 0. The smallest absolute Gasteiger partial charge is 0.238 e. The molecule has 0 radical (unpaired) electrons. The predicted molar refractivity (Wildman–Crippen MR) is 53.8 cm³/mol. The molecule has 0 N–H and O–H groups in total. The maximum atomic E-state index is 11.0. The van der Waals surface area contributed by atoms with Gasteiger partial charge in [0.25, 0.3) is 0 Å². The summed E-state index contributed by atoms with van der Waals surface area (Å²) in [5.74, 6) is 0.866. The van der Waals surface area contributed by atoms with E-state index in [9.17, 15) is 8.42 Å². The number of hydrogen-bond donors (Lipinski definition) is 0. The zero-order chi connectivity index (χ0) is 10.3. The highest BCUT2D eigenvalue weighted by Gasteiger charge is 2.21. The molecule has 1 aromatic rings. The monoisotopic (exact) mass is 234 g/mol. The van der Waals surface area contributed by atoms with Crippen LogP contribution in [0.25, 0.3) is 0 Å². The molecule has 0 saturated carbocycles. The molecule has 1 aliphatic heterocycles. The first-order valence-corrected chi connectivity index (χ1v) is 6.92. The van der Waals surface area contributed by atoms with E-state index in [1.54, 1.807) is 0 Å². The molecular formula is C8H11ClN2O2S. The second-order valence-electron chi connectivity index (χ2n) is 3.50. The van der Waals surface area contributed by atoms with Crippen LogP contribution in [0.2, 0.25) is 0 Å². The molecule has 1 aliphatic rings. The Balaban J connectivity index is 2.43. The molecule has 0 saturated heterocycles. The molecule has 0 unspecified atom stereocenters. The summed E-state index contributed by atoms with van der Waals surface area (Å²) in [4.78, 5) is 4.32. The van der Waals surface area contributed by atoms with E-state index in [-0.39, 0.29) is 5.75 Å². The van der Waals surface area contributed by atoms with Crippen molar-refractivity contribution in [1.29, 1.82) is 0 Å². The van der Waals surface area contributed by atoms with Crippen molar-refractivity contribution in [2.45, 2.75) is 32.1 Å². The third-order valence-electron chi connectivity index (χ3n) is 2.44. The van der Waals surface area contributed by atoms with Crippen LogP contribution in [0.4, 0.5) is 0 Å². The highest BCUT2D eigenvalue weighted by Crippen LogP contribution is 2.22. The van der Waals surface area contributed by atoms with Gasteiger partial charge in [-0.15, -0.1) is 0 Å². The average molecular weight is 235 g/mol. The molecule has 14 heavy (non-hydrogen) atoms. The lowest BCUT2D eigenvalue weighted by molar-refractivity contribution is 0.605. The summed E-state index contributed by atoms with van der Waals surface area (Å²) in [5.41, 5.74) is 1.52. The van der Waals surface area contributed by atoms with Crippen molar-refractivity contribution < 1.29 is 8.42 Å². The Morgan fingerprint density at radius 3 is 2.93 bits per heavy atom. The standard InChI is InChI=1S/C8H11ClN2O2S/c1-6-7(5-14(9,12)13)11-4-2-3-8(11)10-6/h2-5H2,1H3. The lowest BCUT2D eigenvalue weighted by atomic mass is 10.3. The van der Waals surface area contributed by atoms with E-state index < -0.39 is 9.05 Å². The molecule has 78 valence electrons. The molecule has 0 amide bonds. The summed E-state index contributed by atoms with van der Waals surface area (Å²) < 4.78 is 23.9. The molecule has 0 aromatic carbocycles. The van der Waals surface area contributed by atoms with Crippen LogP contribution in [-0.4, -0.2) is 18.0 Å². The fraction of sp³-hybridized carbons (Fsp3) is 0.625. The second kappa shape index (κ2) is 3.24. The van der Waals surface area contributed by atoms with Gasteiger partial charge in [-0.1, -0.05) is 0 Å². The molecular weight excluding hydrogens is 224 g/mol. The Labute approximate surface area is 87.3 Å². The topological polar surface area (TPSA) is 52.0 Å².